The maximum atomic E-state index is 12.7. The number of phenolic OH excluding ortho intramolecular Hbond substituents is 1. The van der Waals surface area contributed by atoms with Gasteiger partial charge < -0.3 is 9.52 Å². The largest absolute Gasteiger partial charge is 0.508 e. The first-order valence-electron chi connectivity index (χ1n) is 9.83. The molecular weight excluding hydrogens is 404 g/mol. The summed E-state index contributed by atoms with van der Waals surface area (Å²) in [6, 6.07) is 14.0. The van der Waals surface area contributed by atoms with Gasteiger partial charge in [0.05, 0.1) is 5.75 Å². The molecule has 0 bridgehead atoms. The summed E-state index contributed by atoms with van der Waals surface area (Å²) in [6.07, 6.45) is 0. The van der Waals surface area contributed by atoms with Crippen molar-refractivity contribution >= 4 is 21.0 Å². The molecule has 1 saturated heterocycles. The fourth-order valence-corrected chi connectivity index (χ4v) is 5.35. The Hall–Kier alpha value is -2.68. The molecule has 4 rings (SSSR count). The molecule has 7 nitrogen and oxygen atoms in total. The Morgan fingerprint density at radius 1 is 1.03 bits per heavy atom. The van der Waals surface area contributed by atoms with Crippen molar-refractivity contribution < 1.29 is 17.9 Å². The number of piperazine rings is 1. The number of aryl methyl sites for hydroxylation is 1. The molecule has 2 heterocycles. The van der Waals surface area contributed by atoms with Crippen molar-refractivity contribution in [3.8, 4) is 5.75 Å². The predicted molar refractivity (Wildman–Crippen MR) is 115 cm³/mol. The number of benzene rings is 2. The lowest BCUT2D eigenvalue weighted by Crippen LogP contribution is -2.48. The van der Waals surface area contributed by atoms with Crippen LogP contribution in [0.5, 0.6) is 5.75 Å². The van der Waals surface area contributed by atoms with Crippen LogP contribution in [0.3, 0.4) is 0 Å². The summed E-state index contributed by atoms with van der Waals surface area (Å²) in [6.45, 7) is 4.20. The highest BCUT2D eigenvalue weighted by Gasteiger charge is 2.27. The Morgan fingerprint density at radius 2 is 1.73 bits per heavy atom. The molecule has 0 unspecified atom stereocenters. The fraction of sp³-hybridized carbons (Fsp3) is 0.318. The molecule has 1 aliphatic rings. The number of fused-ring (bicyclic) bond motifs is 1. The number of hydrogen-bond donors (Lipinski definition) is 1. The molecule has 1 aromatic heterocycles. The number of rotatable bonds is 5. The molecule has 8 heteroatoms. The summed E-state index contributed by atoms with van der Waals surface area (Å²) in [7, 11) is -3.37. The van der Waals surface area contributed by atoms with Crippen molar-refractivity contribution in [2.75, 3.05) is 26.2 Å². The Labute approximate surface area is 175 Å². The highest BCUT2D eigenvalue weighted by Crippen LogP contribution is 2.28. The first-order chi connectivity index (χ1) is 14.3. The van der Waals surface area contributed by atoms with E-state index in [1.54, 1.807) is 19.1 Å². The molecule has 0 aliphatic carbocycles. The first-order valence-corrected chi connectivity index (χ1v) is 11.4. The molecule has 158 valence electrons. The van der Waals surface area contributed by atoms with Crippen LogP contribution in [0.4, 0.5) is 0 Å². The van der Waals surface area contributed by atoms with E-state index in [-0.39, 0.29) is 11.5 Å². The van der Waals surface area contributed by atoms with Crippen molar-refractivity contribution in [2.24, 2.45) is 0 Å². The van der Waals surface area contributed by atoms with Gasteiger partial charge in [-0.1, -0.05) is 30.3 Å². The summed E-state index contributed by atoms with van der Waals surface area (Å²) in [5.41, 5.74) is 2.05. The second kappa shape index (κ2) is 8.22. The summed E-state index contributed by atoms with van der Waals surface area (Å²) < 4.78 is 32.3. The van der Waals surface area contributed by atoms with Gasteiger partial charge in [-0.15, -0.1) is 0 Å². The minimum absolute atomic E-state index is 0.000971. The third-order valence-electron chi connectivity index (χ3n) is 5.53. The van der Waals surface area contributed by atoms with Gasteiger partial charge in [-0.05, 0) is 30.2 Å². The summed E-state index contributed by atoms with van der Waals surface area (Å²) in [4.78, 5) is 14.1. The minimum Gasteiger partial charge on any atom is -0.508 e. The lowest BCUT2D eigenvalue weighted by molar-refractivity contribution is 0.182. The Kier molecular flexibility index (Phi) is 5.64. The maximum Gasteiger partial charge on any atom is 0.336 e. The fourth-order valence-electron chi connectivity index (χ4n) is 3.83. The third kappa shape index (κ3) is 4.26. The monoisotopic (exact) mass is 428 g/mol. The van der Waals surface area contributed by atoms with Crippen molar-refractivity contribution in [1.82, 2.24) is 9.21 Å². The van der Waals surface area contributed by atoms with E-state index in [1.807, 2.05) is 30.3 Å². The number of phenols is 1. The molecule has 1 fully saturated rings. The average Bonchev–Trinajstić information content (AvgIpc) is 2.72. The van der Waals surface area contributed by atoms with Crippen LogP contribution in [0.1, 0.15) is 16.7 Å². The van der Waals surface area contributed by atoms with Crippen molar-refractivity contribution in [2.45, 2.75) is 19.2 Å². The molecule has 30 heavy (non-hydrogen) atoms. The van der Waals surface area contributed by atoms with E-state index in [9.17, 15) is 18.3 Å². The molecule has 1 aliphatic heterocycles. The molecule has 0 amide bonds. The van der Waals surface area contributed by atoms with Crippen LogP contribution in [-0.4, -0.2) is 48.9 Å². The molecule has 2 aromatic carbocycles. The van der Waals surface area contributed by atoms with Gasteiger partial charge in [-0.3, -0.25) is 4.90 Å². The molecule has 0 radical (unpaired) electrons. The second-order valence-electron chi connectivity index (χ2n) is 7.59. The van der Waals surface area contributed by atoms with E-state index in [2.05, 4.69) is 4.90 Å². The highest BCUT2D eigenvalue weighted by molar-refractivity contribution is 7.88. The maximum absolute atomic E-state index is 12.7. The highest BCUT2D eigenvalue weighted by atomic mass is 32.2. The van der Waals surface area contributed by atoms with Gasteiger partial charge in [0.25, 0.3) is 0 Å². The summed E-state index contributed by atoms with van der Waals surface area (Å²) in [5.74, 6) is 0.0843. The number of nitrogens with zero attached hydrogens (tertiary/aromatic N) is 2. The SMILES string of the molecule is Cc1c(O)ccc2c(CN3CCN(S(=O)(=O)Cc4ccccc4)CC3)cc(=O)oc12. The van der Waals surface area contributed by atoms with Crippen LogP contribution in [0.2, 0.25) is 0 Å². The Balaban J connectivity index is 1.47. The molecular formula is C22H24N2O5S. The number of sulfonamides is 1. The minimum atomic E-state index is -3.37. The van der Waals surface area contributed by atoms with E-state index in [4.69, 9.17) is 4.42 Å². The van der Waals surface area contributed by atoms with Crippen molar-refractivity contribution in [3.05, 3.63) is 75.6 Å². The van der Waals surface area contributed by atoms with Crippen LogP contribution >= 0.6 is 0 Å². The van der Waals surface area contributed by atoms with E-state index in [0.717, 1.165) is 16.5 Å². The number of hydrogen-bond acceptors (Lipinski definition) is 6. The van der Waals surface area contributed by atoms with Gasteiger partial charge in [-0.25, -0.2) is 13.2 Å². The second-order valence-corrected chi connectivity index (χ2v) is 9.56. The third-order valence-corrected chi connectivity index (χ3v) is 7.38. The van der Waals surface area contributed by atoms with Gasteiger partial charge in [0.15, 0.2) is 0 Å². The number of aromatic hydroxyl groups is 1. The molecule has 3 aromatic rings. The van der Waals surface area contributed by atoms with Crippen LogP contribution < -0.4 is 5.63 Å². The zero-order valence-electron chi connectivity index (χ0n) is 16.7. The average molecular weight is 429 g/mol. The van der Waals surface area contributed by atoms with E-state index >= 15 is 0 Å². The molecule has 0 atom stereocenters. The summed E-state index contributed by atoms with van der Waals surface area (Å²) >= 11 is 0. The zero-order valence-corrected chi connectivity index (χ0v) is 17.6. The lowest BCUT2D eigenvalue weighted by atomic mass is 10.1. The zero-order chi connectivity index (χ0) is 21.3. The van der Waals surface area contributed by atoms with Crippen molar-refractivity contribution in [1.29, 1.82) is 0 Å². The topological polar surface area (TPSA) is 91.1 Å². The van der Waals surface area contributed by atoms with Crippen molar-refractivity contribution in [3.63, 3.8) is 0 Å². The quantitative estimate of drug-likeness (QED) is 0.628. The van der Waals surface area contributed by atoms with Gasteiger partial charge >= 0.3 is 5.63 Å². The molecule has 1 N–H and O–H groups in total. The smallest absolute Gasteiger partial charge is 0.336 e. The van der Waals surface area contributed by atoms with Gasteiger partial charge in [0.2, 0.25) is 10.0 Å². The summed E-state index contributed by atoms with van der Waals surface area (Å²) in [5, 5.41) is 10.7. The molecule has 0 spiro atoms. The predicted octanol–water partition coefficient (Wildman–Crippen LogP) is 2.45. The lowest BCUT2D eigenvalue weighted by Gasteiger charge is -2.34. The van der Waals surface area contributed by atoms with Gasteiger partial charge in [0, 0.05) is 49.7 Å². The van der Waals surface area contributed by atoms with Crippen LogP contribution in [0, 0.1) is 6.92 Å². The van der Waals surface area contributed by atoms with E-state index in [1.165, 1.54) is 10.4 Å². The Bertz CT molecular complexity index is 1210. The normalized spacial score (nSPS) is 16.2. The van der Waals surface area contributed by atoms with Crippen LogP contribution in [0.15, 0.2) is 57.7 Å². The van der Waals surface area contributed by atoms with E-state index in [0.29, 0.717) is 43.9 Å². The van der Waals surface area contributed by atoms with Gasteiger partial charge in [-0.2, -0.15) is 4.31 Å². The first kappa shape index (κ1) is 20.6. The standard InChI is InChI=1S/C22H24N2O5S/c1-16-20(25)8-7-19-18(13-21(26)29-22(16)19)14-23-9-11-24(12-10-23)30(27,28)15-17-5-3-2-4-6-17/h2-8,13,25H,9-12,14-15H2,1H3. The van der Waals surface area contributed by atoms with E-state index < -0.39 is 15.6 Å². The van der Waals surface area contributed by atoms with Crippen LogP contribution in [0.25, 0.3) is 11.0 Å². The molecule has 0 saturated carbocycles. The Morgan fingerprint density at radius 3 is 2.43 bits per heavy atom. The van der Waals surface area contributed by atoms with Gasteiger partial charge in [0.1, 0.15) is 11.3 Å². The van der Waals surface area contributed by atoms with Crippen LogP contribution in [-0.2, 0) is 22.3 Å².